The lowest BCUT2D eigenvalue weighted by Crippen LogP contribution is -1.91. The molecule has 0 saturated carbocycles. The van der Waals surface area contributed by atoms with Crippen molar-refractivity contribution in [3.05, 3.63) is 121 Å². The Kier molecular flexibility index (Phi) is 2.21. The van der Waals surface area contributed by atoms with Crippen LogP contribution in [0.3, 0.4) is 0 Å². The highest BCUT2D eigenvalue weighted by atomic mass is 16.3. The van der Waals surface area contributed by atoms with E-state index in [0.717, 1.165) is 5.39 Å². The van der Waals surface area contributed by atoms with E-state index in [1.165, 1.54) is 6.26 Å². The Hall–Kier alpha value is -4.82. The number of rotatable bonds is 2. The minimum absolute atomic E-state index is 0.0351. The summed E-state index contributed by atoms with van der Waals surface area (Å²) in [7, 11) is 0. The molecule has 0 bridgehead atoms. The molecule has 8 aromatic rings. The average molecular weight is 474 g/mol. The first-order chi connectivity index (χ1) is 23.3. The van der Waals surface area contributed by atoms with Gasteiger partial charge in [-0.15, -0.1) is 0 Å². The topological polar surface area (TPSA) is 26.3 Å². The van der Waals surface area contributed by atoms with E-state index in [4.69, 9.17) is 23.9 Å². The highest BCUT2D eigenvalue weighted by Crippen LogP contribution is 2.47. The van der Waals surface area contributed by atoms with Crippen LogP contribution in [0.5, 0.6) is 0 Å². The standard InChI is InChI=1S/C34H20O2/c1-2-9-21(10-3-1)32-23-11-4-6-13-25(23)33(26-14-7-5-12-24(26)32)27-15-8-16-29-34(27)28-20-30-22(17-18-35-30)19-31(28)36-29/h1-20H/i1D,2D,3D,4D,5D,6D,7D,9D,10D,11D,12D,13D,14D. The predicted molar refractivity (Wildman–Crippen MR) is 149 cm³/mol. The molecule has 0 N–H and O–H groups in total. The number of hydrogen-bond acceptors (Lipinski definition) is 2. The molecule has 0 aliphatic heterocycles. The van der Waals surface area contributed by atoms with Crippen LogP contribution in [-0.4, -0.2) is 0 Å². The smallest absolute Gasteiger partial charge is 0.136 e. The summed E-state index contributed by atoms with van der Waals surface area (Å²) in [5.74, 6) is 0. The van der Waals surface area contributed by atoms with Gasteiger partial charge in [0.15, 0.2) is 0 Å². The second kappa shape index (κ2) is 7.34. The van der Waals surface area contributed by atoms with E-state index < -0.39 is 84.1 Å². The third-order valence-electron chi connectivity index (χ3n) is 6.46. The van der Waals surface area contributed by atoms with Gasteiger partial charge in [-0.1, -0.05) is 90.7 Å². The Bertz CT molecular complexity index is 2710. The van der Waals surface area contributed by atoms with E-state index in [9.17, 15) is 2.74 Å². The molecule has 0 atom stereocenters. The minimum atomic E-state index is -0.720. The third kappa shape index (κ3) is 2.67. The molecule has 0 aliphatic rings. The van der Waals surface area contributed by atoms with Crippen LogP contribution in [-0.2, 0) is 0 Å². The quantitative estimate of drug-likeness (QED) is 0.233. The molecule has 0 amide bonds. The molecule has 2 nitrogen and oxygen atoms in total. The molecule has 0 fully saturated rings. The molecule has 2 heteroatoms. The first-order valence-corrected chi connectivity index (χ1v) is 11.1. The van der Waals surface area contributed by atoms with Crippen molar-refractivity contribution in [2.75, 3.05) is 0 Å². The lowest BCUT2D eigenvalue weighted by atomic mass is 9.85. The monoisotopic (exact) mass is 473 g/mol. The van der Waals surface area contributed by atoms with Gasteiger partial charge in [0.1, 0.15) is 16.7 Å². The highest BCUT2D eigenvalue weighted by Gasteiger charge is 2.20. The van der Waals surface area contributed by atoms with Crippen molar-refractivity contribution in [2.45, 2.75) is 0 Å². The Labute approximate surface area is 225 Å². The summed E-state index contributed by atoms with van der Waals surface area (Å²) >= 11 is 0. The molecular formula is C34H20O2. The van der Waals surface area contributed by atoms with E-state index in [-0.39, 0.29) is 32.7 Å². The van der Waals surface area contributed by atoms with Crippen molar-refractivity contribution < 1.29 is 26.7 Å². The maximum atomic E-state index is 9.20. The van der Waals surface area contributed by atoms with E-state index in [1.807, 2.05) is 0 Å². The fraction of sp³-hybridized carbons (Fsp3) is 0. The maximum absolute atomic E-state index is 9.20. The van der Waals surface area contributed by atoms with Gasteiger partial charge in [0.05, 0.1) is 24.1 Å². The van der Waals surface area contributed by atoms with Crippen molar-refractivity contribution in [1.82, 2.24) is 0 Å². The molecule has 0 aliphatic carbocycles. The zero-order valence-corrected chi connectivity index (χ0v) is 18.4. The van der Waals surface area contributed by atoms with Crippen molar-refractivity contribution >= 4 is 54.5 Å². The third-order valence-corrected chi connectivity index (χ3v) is 6.46. The summed E-state index contributed by atoms with van der Waals surface area (Å²) in [6, 6.07) is 1.85. The van der Waals surface area contributed by atoms with Crippen LogP contribution in [0.4, 0.5) is 0 Å². The SMILES string of the molecule is [2H]c1c([2H])c([2H])c(-c2c3c([2H])c([2H])c([2H])c([2H])c3c(-c3cccc4oc5cc6ccoc6cc5c34)c3c([2H])c([2H])c([2H])c([2H])c23)c([2H])c1[2H]. The van der Waals surface area contributed by atoms with E-state index in [0.29, 0.717) is 33.1 Å². The molecule has 2 aromatic heterocycles. The lowest BCUT2D eigenvalue weighted by molar-refractivity contribution is 0.616. The zero-order chi connectivity index (χ0) is 35.0. The molecule has 168 valence electrons. The van der Waals surface area contributed by atoms with Crippen molar-refractivity contribution in [3.63, 3.8) is 0 Å². The second-order valence-electron chi connectivity index (χ2n) is 8.34. The lowest BCUT2D eigenvalue weighted by Gasteiger charge is -2.18. The first kappa shape index (κ1) is 10.8. The molecule has 0 unspecified atom stereocenters. The Balaban J connectivity index is 1.74. The van der Waals surface area contributed by atoms with Gasteiger partial charge in [-0.25, -0.2) is 0 Å². The van der Waals surface area contributed by atoms with Gasteiger partial charge in [-0.05, 0) is 68.1 Å². The van der Waals surface area contributed by atoms with Crippen LogP contribution in [0.1, 0.15) is 17.8 Å². The van der Waals surface area contributed by atoms with E-state index >= 15 is 0 Å². The van der Waals surface area contributed by atoms with Crippen LogP contribution in [0.25, 0.3) is 76.7 Å². The molecular weight excluding hydrogens is 440 g/mol. The molecule has 6 aromatic carbocycles. The average Bonchev–Trinajstić information content (AvgIpc) is 3.71. The number of furan rings is 2. The van der Waals surface area contributed by atoms with Crippen LogP contribution in [0, 0.1) is 0 Å². The first-order valence-electron chi connectivity index (χ1n) is 17.6. The van der Waals surface area contributed by atoms with Gasteiger partial charge < -0.3 is 8.83 Å². The van der Waals surface area contributed by atoms with E-state index in [2.05, 4.69) is 0 Å². The van der Waals surface area contributed by atoms with Crippen molar-refractivity contribution in [2.24, 2.45) is 0 Å². The molecule has 0 spiro atoms. The fourth-order valence-electron chi connectivity index (χ4n) is 5.01. The van der Waals surface area contributed by atoms with Gasteiger partial charge in [0.2, 0.25) is 0 Å². The predicted octanol–water partition coefficient (Wildman–Crippen LogP) is 9.97. The van der Waals surface area contributed by atoms with Crippen LogP contribution in [0.2, 0.25) is 0 Å². The highest BCUT2D eigenvalue weighted by molar-refractivity contribution is 6.26. The Morgan fingerprint density at radius 2 is 1.22 bits per heavy atom. The normalized spacial score (nSPS) is 16.9. The molecule has 0 radical (unpaired) electrons. The van der Waals surface area contributed by atoms with Crippen LogP contribution in [0.15, 0.2) is 130 Å². The van der Waals surface area contributed by atoms with Gasteiger partial charge in [-0.2, -0.15) is 0 Å². The number of fused-ring (bicyclic) bond motifs is 6. The van der Waals surface area contributed by atoms with Crippen molar-refractivity contribution in [1.29, 1.82) is 0 Å². The van der Waals surface area contributed by atoms with Crippen LogP contribution < -0.4 is 0 Å². The molecule has 0 saturated heterocycles. The molecule has 2 heterocycles. The Morgan fingerprint density at radius 1 is 0.556 bits per heavy atom. The summed E-state index contributed by atoms with van der Waals surface area (Å²) in [5.41, 5.74) is 0.969. The summed E-state index contributed by atoms with van der Waals surface area (Å²) in [6.07, 6.45) is 1.53. The maximum Gasteiger partial charge on any atom is 0.136 e. The summed E-state index contributed by atoms with van der Waals surface area (Å²) in [6.45, 7) is 0. The van der Waals surface area contributed by atoms with Gasteiger partial charge in [-0.3, -0.25) is 0 Å². The van der Waals surface area contributed by atoms with Crippen molar-refractivity contribution in [3.8, 4) is 22.3 Å². The largest absolute Gasteiger partial charge is 0.464 e. The van der Waals surface area contributed by atoms with Gasteiger partial charge in [0.25, 0.3) is 0 Å². The summed E-state index contributed by atoms with van der Waals surface area (Å²) in [4.78, 5) is 0. The van der Waals surface area contributed by atoms with Gasteiger partial charge in [0, 0.05) is 16.2 Å². The number of hydrogen-bond donors (Lipinski definition) is 0. The van der Waals surface area contributed by atoms with Crippen LogP contribution >= 0.6 is 0 Å². The minimum Gasteiger partial charge on any atom is -0.464 e. The molecule has 8 rings (SSSR count). The molecule has 36 heavy (non-hydrogen) atoms. The van der Waals surface area contributed by atoms with E-state index in [1.54, 1.807) is 36.4 Å². The fourth-order valence-corrected chi connectivity index (χ4v) is 5.01. The number of benzene rings is 6. The summed E-state index contributed by atoms with van der Waals surface area (Å²) < 4.78 is 126. The zero-order valence-electron chi connectivity index (χ0n) is 31.4. The van der Waals surface area contributed by atoms with Gasteiger partial charge >= 0.3 is 0 Å². The second-order valence-corrected chi connectivity index (χ2v) is 8.34. The Morgan fingerprint density at radius 3 is 1.94 bits per heavy atom. The summed E-state index contributed by atoms with van der Waals surface area (Å²) in [5, 5.41) is 0.970.